The number of benzene rings is 1. The van der Waals surface area contributed by atoms with Crippen LogP contribution >= 0.6 is 11.6 Å². The molecule has 2 fully saturated rings. The number of halogens is 1. The van der Waals surface area contributed by atoms with Gasteiger partial charge in [0.1, 0.15) is 13.2 Å². The highest BCUT2D eigenvalue weighted by atomic mass is 35.5. The molecule has 7 heteroatoms. The highest BCUT2D eigenvalue weighted by molar-refractivity contribution is 6.31. The van der Waals surface area contributed by atoms with Crippen molar-refractivity contribution in [1.29, 1.82) is 0 Å². The van der Waals surface area contributed by atoms with Crippen LogP contribution in [0.25, 0.3) is 0 Å². The van der Waals surface area contributed by atoms with Crippen molar-refractivity contribution in [2.75, 3.05) is 32.9 Å². The number of carboxylic acid groups (broad SMARTS) is 1. The number of carbonyl (C=O) groups is 2. The Morgan fingerprint density at radius 3 is 2.59 bits per heavy atom. The summed E-state index contributed by atoms with van der Waals surface area (Å²) in [7, 11) is 0. The molecule has 0 unspecified atom stereocenters. The van der Waals surface area contributed by atoms with E-state index in [1.165, 1.54) is 0 Å². The van der Waals surface area contributed by atoms with Crippen LogP contribution in [0.4, 0.5) is 0 Å². The van der Waals surface area contributed by atoms with Gasteiger partial charge in [0.2, 0.25) is 5.91 Å². The maximum atomic E-state index is 12.3. The fraction of sp³-hybridized carbons (Fsp3) is 0.636. The summed E-state index contributed by atoms with van der Waals surface area (Å²) in [5.74, 6) is -0.392. The Bertz CT molecular complexity index is 730. The van der Waals surface area contributed by atoms with Crippen LogP contribution in [0, 0.1) is 17.3 Å². The molecule has 29 heavy (non-hydrogen) atoms. The second-order valence-electron chi connectivity index (χ2n) is 8.63. The number of hydrogen-bond acceptors (Lipinski definition) is 4. The van der Waals surface area contributed by atoms with Crippen molar-refractivity contribution in [2.24, 2.45) is 17.3 Å². The Hall–Kier alpha value is -1.63. The average Bonchev–Trinajstić information content (AvgIpc) is 2.69. The normalized spacial score (nSPS) is 24.1. The second-order valence-corrected chi connectivity index (χ2v) is 9.04. The third-order valence-electron chi connectivity index (χ3n) is 6.32. The van der Waals surface area contributed by atoms with Gasteiger partial charge in [-0.15, -0.1) is 0 Å². The summed E-state index contributed by atoms with van der Waals surface area (Å²) in [4.78, 5) is 24.6. The van der Waals surface area contributed by atoms with Crippen LogP contribution in [0.3, 0.4) is 0 Å². The molecule has 0 radical (unpaired) electrons. The van der Waals surface area contributed by atoms with Gasteiger partial charge in [-0.05, 0) is 48.1 Å². The van der Waals surface area contributed by atoms with Gasteiger partial charge in [0.15, 0.2) is 0 Å². The van der Waals surface area contributed by atoms with Gasteiger partial charge >= 0.3 is 5.97 Å². The quantitative estimate of drug-likeness (QED) is 0.753. The molecule has 160 valence electrons. The summed E-state index contributed by atoms with van der Waals surface area (Å²) < 4.78 is 11.4. The first kappa shape index (κ1) is 22.1. The third kappa shape index (κ3) is 5.30. The molecule has 1 aromatic rings. The summed E-state index contributed by atoms with van der Waals surface area (Å²) in [5.41, 5.74) is 1.14. The van der Waals surface area contributed by atoms with Crippen molar-refractivity contribution in [3.8, 4) is 0 Å². The highest BCUT2D eigenvalue weighted by Gasteiger charge is 2.45. The Kier molecular flexibility index (Phi) is 7.19. The van der Waals surface area contributed by atoms with Crippen LogP contribution < -0.4 is 0 Å². The number of likely N-dealkylation sites (tertiary alicyclic amines) is 1. The Morgan fingerprint density at radius 1 is 1.28 bits per heavy atom. The number of amides is 1. The first-order chi connectivity index (χ1) is 13.8. The van der Waals surface area contributed by atoms with E-state index in [0.717, 1.165) is 29.8 Å². The first-order valence-electron chi connectivity index (χ1n) is 10.2. The number of rotatable bonds is 6. The van der Waals surface area contributed by atoms with Crippen LogP contribution in [0.2, 0.25) is 5.02 Å². The molecule has 0 aromatic heterocycles. The van der Waals surface area contributed by atoms with E-state index in [2.05, 4.69) is 19.9 Å². The molecule has 2 saturated heterocycles. The van der Waals surface area contributed by atoms with Gasteiger partial charge < -0.3 is 19.5 Å². The van der Waals surface area contributed by atoms with E-state index >= 15 is 0 Å². The van der Waals surface area contributed by atoms with Gasteiger partial charge in [0.25, 0.3) is 0 Å². The number of carbonyl (C=O) groups excluding carboxylic acids is 1. The summed E-state index contributed by atoms with van der Waals surface area (Å²) in [6.07, 6.45) is 2.82. The predicted octanol–water partition coefficient (Wildman–Crippen LogP) is 3.78. The van der Waals surface area contributed by atoms with Crippen molar-refractivity contribution in [1.82, 2.24) is 4.90 Å². The zero-order valence-corrected chi connectivity index (χ0v) is 17.9. The molecule has 1 spiro atoms. The van der Waals surface area contributed by atoms with E-state index in [9.17, 15) is 9.59 Å². The van der Waals surface area contributed by atoms with Crippen molar-refractivity contribution in [3.05, 3.63) is 34.9 Å². The Labute approximate surface area is 177 Å². The van der Waals surface area contributed by atoms with E-state index in [-0.39, 0.29) is 24.0 Å². The fourth-order valence-electron chi connectivity index (χ4n) is 4.56. The van der Waals surface area contributed by atoms with Crippen molar-refractivity contribution < 1.29 is 24.2 Å². The molecule has 3 rings (SSSR count). The standard InChI is InChI=1S/C22H30ClNO5/c1-15(2)17-11-22(14-29-21(17)16-5-3-4-6-18(16)23)7-9-24(10-8-22)19(25)12-28-13-20(26)27/h3-6,15,17,21H,7-14H2,1-2H3,(H,26,27)/t17-,21-/m1/s1. The van der Waals surface area contributed by atoms with E-state index in [4.69, 9.17) is 26.2 Å². The largest absolute Gasteiger partial charge is 0.480 e. The number of ether oxygens (including phenoxy) is 2. The number of piperidine rings is 1. The molecule has 2 atom stereocenters. The monoisotopic (exact) mass is 423 g/mol. The average molecular weight is 424 g/mol. The lowest BCUT2D eigenvalue weighted by Crippen LogP contribution is -2.49. The van der Waals surface area contributed by atoms with Crippen LogP contribution in [0.15, 0.2) is 24.3 Å². The van der Waals surface area contributed by atoms with Crippen LogP contribution in [-0.2, 0) is 19.1 Å². The molecule has 6 nitrogen and oxygen atoms in total. The van der Waals surface area contributed by atoms with Crippen LogP contribution in [-0.4, -0.2) is 54.8 Å². The van der Waals surface area contributed by atoms with E-state index in [1.807, 2.05) is 18.2 Å². The number of carboxylic acids is 1. The second kappa shape index (κ2) is 9.45. The summed E-state index contributed by atoms with van der Waals surface area (Å²) in [6.45, 7) is 5.81. The topological polar surface area (TPSA) is 76.1 Å². The third-order valence-corrected chi connectivity index (χ3v) is 6.67. The molecule has 1 amide bonds. The molecular formula is C22H30ClNO5. The molecule has 0 bridgehead atoms. The molecule has 2 aliphatic rings. The molecule has 0 aliphatic carbocycles. The number of aliphatic carboxylic acids is 1. The molecule has 2 aliphatic heterocycles. The zero-order valence-electron chi connectivity index (χ0n) is 17.1. The molecule has 1 aromatic carbocycles. The SMILES string of the molecule is CC(C)[C@H]1CC2(CCN(C(=O)COCC(=O)O)CC2)CO[C@@H]1c1ccccc1Cl. The maximum absolute atomic E-state index is 12.3. The minimum Gasteiger partial charge on any atom is -0.480 e. The number of nitrogens with zero attached hydrogens (tertiary/aromatic N) is 1. The zero-order chi connectivity index (χ0) is 21.0. The maximum Gasteiger partial charge on any atom is 0.329 e. The lowest BCUT2D eigenvalue weighted by Gasteiger charge is -2.50. The summed E-state index contributed by atoms with van der Waals surface area (Å²) in [5, 5.41) is 9.37. The van der Waals surface area contributed by atoms with E-state index in [0.29, 0.717) is 31.5 Å². The van der Waals surface area contributed by atoms with Crippen LogP contribution in [0.1, 0.15) is 44.8 Å². The molecule has 2 heterocycles. The molecule has 1 N–H and O–H groups in total. The van der Waals surface area contributed by atoms with Crippen molar-refractivity contribution in [3.63, 3.8) is 0 Å². The van der Waals surface area contributed by atoms with Gasteiger partial charge in [-0.3, -0.25) is 4.79 Å². The van der Waals surface area contributed by atoms with Crippen molar-refractivity contribution in [2.45, 2.75) is 39.2 Å². The lowest BCUT2D eigenvalue weighted by atomic mass is 9.66. The smallest absolute Gasteiger partial charge is 0.329 e. The molecule has 0 saturated carbocycles. The van der Waals surface area contributed by atoms with Crippen LogP contribution in [0.5, 0.6) is 0 Å². The van der Waals surface area contributed by atoms with Gasteiger partial charge in [0.05, 0.1) is 12.7 Å². The number of hydrogen-bond donors (Lipinski definition) is 1. The Morgan fingerprint density at radius 2 is 1.97 bits per heavy atom. The molecular weight excluding hydrogens is 394 g/mol. The van der Waals surface area contributed by atoms with E-state index in [1.54, 1.807) is 4.90 Å². The summed E-state index contributed by atoms with van der Waals surface area (Å²) in [6, 6.07) is 7.91. The summed E-state index contributed by atoms with van der Waals surface area (Å²) >= 11 is 6.45. The van der Waals surface area contributed by atoms with Gasteiger partial charge in [0, 0.05) is 18.1 Å². The van der Waals surface area contributed by atoms with Gasteiger partial charge in [-0.2, -0.15) is 0 Å². The first-order valence-corrected chi connectivity index (χ1v) is 10.6. The predicted molar refractivity (Wildman–Crippen MR) is 110 cm³/mol. The van der Waals surface area contributed by atoms with E-state index < -0.39 is 12.6 Å². The lowest BCUT2D eigenvalue weighted by molar-refractivity contribution is -0.152. The fourth-order valence-corrected chi connectivity index (χ4v) is 4.81. The van der Waals surface area contributed by atoms with Crippen molar-refractivity contribution >= 4 is 23.5 Å². The highest BCUT2D eigenvalue weighted by Crippen LogP contribution is 2.50. The minimum absolute atomic E-state index is 0.00148. The Balaban J connectivity index is 1.61. The van der Waals surface area contributed by atoms with Gasteiger partial charge in [-0.1, -0.05) is 43.6 Å². The van der Waals surface area contributed by atoms with Gasteiger partial charge in [-0.25, -0.2) is 4.79 Å². The minimum atomic E-state index is -1.07.